The third kappa shape index (κ3) is 9.25. The molecule has 4 amide bonds. The number of para-hydroxylation sites is 1. The van der Waals surface area contributed by atoms with Crippen LogP contribution < -0.4 is 21.7 Å². The largest absolute Gasteiger partial charge is 0.390 e. The Bertz CT molecular complexity index is 1480. The van der Waals surface area contributed by atoms with Gasteiger partial charge in [0.1, 0.15) is 11.7 Å². The van der Waals surface area contributed by atoms with Gasteiger partial charge in [-0.1, -0.05) is 54.6 Å². The number of rotatable bonds is 12. The molecule has 1 aliphatic heterocycles. The number of pyridine rings is 1. The minimum Gasteiger partial charge on any atom is -0.390 e. The van der Waals surface area contributed by atoms with Crippen molar-refractivity contribution in [2.45, 2.75) is 63.4 Å². The number of aliphatic hydroxyl groups is 1. The Hall–Kier alpha value is -4.00. The van der Waals surface area contributed by atoms with Crippen LogP contribution in [0.25, 0.3) is 10.9 Å². The van der Waals surface area contributed by atoms with Gasteiger partial charge in [-0.2, -0.15) is 0 Å². The van der Waals surface area contributed by atoms with Crippen molar-refractivity contribution in [3.8, 4) is 0 Å². The van der Waals surface area contributed by atoms with Gasteiger partial charge in [0.25, 0.3) is 5.91 Å². The van der Waals surface area contributed by atoms with Crippen molar-refractivity contribution in [3.05, 3.63) is 78.0 Å². The zero-order valence-corrected chi connectivity index (χ0v) is 26.0. The number of amides is 4. The number of carbonyl (C=O) groups is 4. The van der Waals surface area contributed by atoms with Crippen molar-refractivity contribution < 1.29 is 24.3 Å². The Labute approximate surface area is 261 Å². The van der Waals surface area contributed by atoms with Crippen LogP contribution in [-0.4, -0.2) is 86.6 Å². The van der Waals surface area contributed by atoms with E-state index in [9.17, 15) is 24.3 Å². The molecular weight excluding hydrogens is 580 g/mol. The maximum atomic E-state index is 13.6. The first-order valence-electron chi connectivity index (χ1n) is 14.5. The van der Waals surface area contributed by atoms with E-state index in [0.717, 1.165) is 10.9 Å². The van der Waals surface area contributed by atoms with E-state index in [4.69, 9.17) is 5.73 Å². The molecule has 11 nitrogen and oxygen atoms in total. The molecule has 1 aliphatic rings. The summed E-state index contributed by atoms with van der Waals surface area (Å²) < 4.78 is 0. The van der Waals surface area contributed by atoms with Crippen molar-refractivity contribution in [1.29, 1.82) is 0 Å². The Morgan fingerprint density at radius 2 is 1.73 bits per heavy atom. The second kappa shape index (κ2) is 14.7. The Morgan fingerprint density at radius 1 is 1.02 bits per heavy atom. The molecule has 3 unspecified atom stereocenters. The van der Waals surface area contributed by atoms with E-state index >= 15 is 0 Å². The number of hydrogen-bond acceptors (Lipinski definition) is 8. The van der Waals surface area contributed by atoms with Crippen LogP contribution in [0.3, 0.4) is 0 Å². The highest BCUT2D eigenvalue weighted by Gasteiger charge is 2.36. The zero-order chi connectivity index (χ0) is 31.9. The highest BCUT2D eigenvalue weighted by molar-refractivity contribution is 7.99. The molecule has 12 heteroatoms. The number of nitrogens with one attached hydrogen (secondary N) is 3. The minimum atomic E-state index is -1.30. The molecule has 44 heavy (non-hydrogen) atoms. The molecular formula is C32H40N6O5S. The lowest BCUT2D eigenvalue weighted by Crippen LogP contribution is -2.57. The van der Waals surface area contributed by atoms with Gasteiger partial charge < -0.3 is 26.8 Å². The number of hydrogen-bond donors (Lipinski definition) is 5. The molecule has 2 heterocycles. The predicted octanol–water partition coefficient (Wildman–Crippen LogP) is 1.59. The maximum absolute atomic E-state index is 13.6. The summed E-state index contributed by atoms with van der Waals surface area (Å²) in [5, 5.41) is 20.7. The van der Waals surface area contributed by atoms with Crippen molar-refractivity contribution in [2.75, 3.05) is 18.2 Å². The molecule has 1 fully saturated rings. The first kappa shape index (κ1) is 32.9. The summed E-state index contributed by atoms with van der Waals surface area (Å²) in [6, 6.07) is 17.4. The fourth-order valence-corrected chi connectivity index (χ4v) is 6.20. The number of nitrogens with zero attached hydrogens (tertiary/aromatic N) is 2. The van der Waals surface area contributed by atoms with Crippen LogP contribution in [-0.2, 0) is 20.8 Å². The zero-order valence-electron chi connectivity index (χ0n) is 25.2. The number of primary amides is 1. The molecule has 4 rings (SSSR count). The van der Waals surface area contributed by atoms with Crippen molar-refractivity contribution in [1.82, 2.24) is 25.8 Å². The van der Waals surface area contributed by atoms with Gasteiger partial charge in [0.05, 0.1) is 30.1 Å². The smallest absolute Gasteiger partial charge is 0.270 e. The van der Waals surface area contributed by atoms with Crippen molar-refractivity contribution >= 4 is 46.3 Å². The monoisotopic (exact) mass is 620 g/mol. The third-order valence-electron chi connectivity index (χ3n) is 7.14. The summed E-state index contributed by atoms with van der Waals surface area (Å²) in [5.41, 5.74) is 6.60. The van der Waals surface area contributed by atoms with Gasteiger partial charge in [-0.3, -0.25) is 24.1 Å². The van der Waals surface area contributed by atoms with E-state index in [1.165, 1.54) is 0 Å². The van der Waals surface area contributed by atoms with Crippen LogP contribution in [0.2, 0.25) is 0 Å². The summed E-state index contributed by atoms with van der Waals surface area (Å²) >= 11 is 1.60. The van der Waals surface area contributed by atoms with E-state index in [0.29, 0.717) is 17.1 Å². The van der Waals surface area contributed by atoms with Gasteiger partial charge in [0.2, 0.25) is 17.7 Å². The standard InChI is InChI=1S/C32H40N6O5S/c1-32(2,3)37-31(43)26-18-44-19-38(26)17-27(39)24(15-20-9-5-4-6-10-20)35-30(42)25(16-28(33)40)36-29(41)23-14-13-21-11-7-8-12-22(21)34-23/h4-14,24-27,39H,15-19H2,1-3H3,(H2,33,40)(H,35,42)(H,36,41)(H,37,43)/t24?,25?,26?,27-/m1/s1. The molecule has 234 valence electrons. The molecule has 3 aromatic rings. The van der Waals surface area contributed by atoms with Crippen LogP contribution in [0.4, 0.5) is 0 Å². The van der Waals surface area contributed by atoms with Gasteiger partial charge in [-0.25, -0.2) is 4.98 Å². The number of carbonyl (C=O) groups excluding carboxylic acids is 4. The lowest BCUT2D eigenvalue weighted by Gasteiger charge is -2.32. The Kier molecular flexibility index (Phi) is 11.0. The third-order valence-corrected chi connectivity index (χ3v) is 8.21. The normalized spacial score (nSPS) is 17.4. The summed E-state index contributed by atoms with van der Waals surface area (Å²) in [7, 11) is 0. The Balaban J connectivity index is 1.50. The van der Waals surface area contributed by atoms with Crippen LogP contribution in [0.15, 0.2) is 66.7 Å². The fraction of sp³-hybridized carbons (Fsp3) is 0.406. The quantitative estimate of drug-likeness (QED) is 0.204. The molecule has 0 bridgehead atoms. The molecule has 2 aromatic carbocycles. The summed E-state index contributed by atoms with van der Waals surface area (Å²) in [4.78, 5) is 57.9. The van der Waals surface area contributed by atoms with Crippen LogP contribution in [0.1, 0.15) is 43.2 Å². The van der Waals surface area contributed by atoms with E-state index in [2.05, 4.69) is 20.9 Å². The summed E-state index contributed by atoms with van der Waals surface area (Å²) in [6.45, 7) is 5.86. The number of aliphatic hydroxyl groups excluding tert-OH is 1. The summed E-state index contributed by atoms with van der Waals surface area (Å²) in [6.07, 6.45) is -1.25. The molecule has 0 saturated carbocycles. The van der Waals surface area contributed by atoms with Crippen LogP contribution >= 0.6 is 11.8 Å². The topological polar surface area (TPSA) is 167 Å². The highest BCUT2D eigenvalue weighted by Crippen LogP contribution is 2.23. The maximum Gasteiger partial charge on any atom is 0.270 e. The van der Waals surface area contributed by atoms with Gasteiger partial charge in [-0.05, 0) is 44.9 Å². The van der Waals surface area contributed by atoms with Gasteiger partial charge in [0, 0.05) is 29.1 Å². The second-order valence-electron chi connectivity index (χ2n) is 12.0. The number of benzene rings is 2. The lowest BCUT2D eigenvalue weighted by molar-refractivity contribution is -0.129. The van der Waals surface area contributed by atoms with Crippen LogP contribution in [0.5, 0.6) is 0 Å². The fourth-order valence-electron chi connectivity index (χ4n) is 4.99. The summed E-state index contributed by atoms with van der Waals surface area (Å²) in [5.74, 6) is -1.08. The number of β-amino-alcohol motifs (C(OH)–C–C–N with tert-alkyl or cyclic N) is 1. The van der Waals surface area contributed by atoms with E-state index in [1.54, 1.807) is 36.0 Å². The van der Waals surface area contributed by atoms with Gasteiger partial charge in [0.15, 0.2) is 0 Å². The van der Waals surface area contributed by atoms with Crippen molar-refractivity contribution in [3.63, 3.8) is 0 Å². The number of fused-ring (bicyclic) bond motifs is 1. The molecule has 0 radical (unpaired) electrons. The first-order chi connectivity index (χ1) is 20.9. The molecule has 0 aliphatic carbocycles. The second-order valence-corrected chi connectivity index (χ2v) is 13.0. The minimum absolute atomic E-state index is 0.0814. The predicted molar refractivity (Wildman–Crippen MR) is 171 cm³/mol. The lowest BCUT2D eigenvalue weighted by atomic mass is 9.99. The SMILES string of the molecule is CC(C)(C)NC(=O)C1CSCN1C[C@@H](O)C(Cc1ccccc1)NC(=O)C(CC(N)=O)NC(=O)c1ccc2ccccc2n1. The molecule has 1 aromatic heterocycles. The van der Waals surface area contributed by atoms with Gasteiger partial charge in [-0.15, -0.1) is 11.8 Å². The first-order valence-corrected chi connectivity index (χ1v) is 15.7. The number of nitrogens with two attached hydrogens (primary N) is 1. The molecule has 0 spiro atoms. The highest BCUT2D eigenvalue weighted by atomic mass is 32.2. The molecule has 6 N–H and O–H groups in total. The number of aromatic nitrogens is 1. The van der Waals surface area contributed by atoms with E-state index in [-0.39, 0.29) is 24.6 Å². The average molecular weight is 621 g/mol. The van der Waals surface area contributed by atoms with Crippen molar-refractivity contribution in [2.24, 2.45) is 5.73 Å². The molecule has 1 saturated heterocycles. The molecule has 4 atom stereocenters. The average Bonchev–Trinajstić information content (AvgIpc) is 3.44. The number of thioether (sulfide) groups is 1. The van der Waals surface area contributed by atoms with Crippen LogP contribution in [0, 0.1) is 0 Å². The Morgan fingerprint density at radius 3 is 2.43 bits per heavy atom. The van der Waals surface area contributed by atoms with E-state index in [1.807, 2.05) is 68.1 Å². The van der Waals surface area contributed by atoms with Gasteiger partial charge >= 0.3 is 0 Å². The van der Waals surface area contributed by atoms with E-state index < -0.39 is 53.9 Å².